The van der Waals surface area contributed by atoms with Gasteiger partial charge in [-0.3, -0.25) is 5.32 Å². The van der Waals surface area contributed by atoms with Crippen LogP contribution in [0.4, 0.5) is 13.2 Å². The van der Waals surface area contributed by atoms with Crippen LogP contribution in [0.15, 0.2) is 36.5 Å². The number of benzene rings is 1. The van der Waals surface area contributed by atoms with Gasteiger partial charge in [-0.2, -0.15) is 13.2 Å². The van der Waals surface area contributed by atoms with Gasteiger partial charge in [-0.25, -0.2) is 4.98 Å². The van der Waals surface area contributed by atoms with E-state index < -0.39 is 23.0 Å². The summed E-state index contributed by atoms with van der Waals surface area (Å²) in [5, 5.41) is 7.67. The van der Waals surface area contributed by atoms with Crippen LogP contribution < -0.4 is 15.4 Å². The summed E-state index contributed by atoms with van der Waals surface area (Å²) < 4.78 is 44.0. The summed E-state index contributed by atoms with van der Waals surface area (Å²) in [7, 11) is 0. The lowest BCUT2D eigenvalue weighted by molar-refractivity contribution is -0.137. The van der Waals surface area contributed by atoms with Crippen molar-refractivity contribution in [2.75, 3.05) is 13.1 Å². The van der Waals surface area contributed by atoms with E-state index in [4.69, 9.17) is 27.9 Å². The molecule has 1 aromatic heterocycles. The van der Waals surface area contributed by atoms with Crippen LogP contribution >= 0.6 is 23.2 Å². The minimum Gasteiger partial charge on any atom is -0.454 e. The Morgan fingerprint density at radius 1 is 1.19 bits per heavy atom. The van der Waals surface area contributed by atoms with Gasteiger partial charge in [0.1, 0.15) is 0 Å². The summed E-state index contributed by atoms with van der Waals surface area (Å²) in [5.74, 6) is 0.196. The molecule has 1 aromatic carbocycles. The zero-order valence-corrected chi connectivity index (χ0v) is 15.7. The van der Waals surface area contributed by atoms with Crippen molar-refractivity contribution in [1.29, 1.82) is 0 Å². The Kier molecular flexibility index (Phi) is 4.34. The molecule has 3 atom stereocenters. The third-order valence-corrected chi connectivity index (χ3v) is 6.05. The highest BCUT2D eigenvalue weighted by atomic mass is 35.5. The fourth-order valence-electron chi connectivity index (χ4n) is 3.80. The molecular weight excluding hydrogens is 402 g/mol. The van der Waals surface area contributed by atoms with Gasteiger partial charge in [-0.15, -0.1) is 0 Å². The van der Waals surface area contributed by atoms with Gasteiger partial charge in [-0.1, -0.05) is 29.3 Å². The number of nitrogens with zero attached hydrogens (tertiary/aromatic N) is 1. The Balaban J connectivity index is 1.56. The van der Waals surface area contributed by atoms with E-state index in [2.05, 4.69) is 15.6 Å². The molecule has 2 aliphatic rings. The SMILES string of the molecule is C[C@@]1(Oc2ccc(C(F)(F)F)cn2)N[C@@]12CNC[C@@H]2c1ccc(Cl)c(Cl)c1. The number of hydrogen-bond donors (Lipinski definition) is 2. The third-order valence-electron chi connectivity index (χ3n) is 5.32. The zero-order chi connectivity index (χ0) is 19.4. The van der Waals surface area contributed by atoms with Crippen molar-refractivity contribution >= 4 is 23.2 Å². The van der Waals surface area contributed by atoms with Crippen LogP contribution in [0.25, 0.3) is 0 Å². The van der Waals surface area contributed by atoms with Crippen LogP contribution in [0.5, 0.6) is 5.88 Å². The molecule has 0 aliphatic carbocycles. The molecular formula is C18H16Cl2F3N3O. The Morgan fingerprint density at radius 3 is 2.59 bits per heavy atom. The number of rotatable bonds is 3. The molecule has 4 rings (SSSR count). The van der Waals surface area contributed by atoms with Gasteiger partial charge in [0, 0.05) is 31.3 Å². The van der Waals surface area contributed by atoms with Crippen molar-refractivity contribution in [2.24, 2.45) is 0 Å². The lowest BCUT2D eigenvalue weighted by Gasteiger charge is -2.22. The molecule has 0 radical (unpaired) electrons. The molecule has 2 aromatic rings. The second-order valence-electron chi connectivity index (χ2n) is 6.97. The van der Waals surface area contributed by atoms with Gasteiger partial charge < -0.3 is 10.1 Å². The van der Waals surface area contributed by atoms with Crippen molar-refractivity contribution in [3.63, 3.8) is 0 Å². The maximum Gasteiger partial charge on any atom is 0.417 e. The minimum atomic E-state index is -4.43. The van der Waals surface area contributed by atoms with Crippen LogP contribution in [-0.2, 0) is 6.18 Å². The van der Waals surface area contributed by atoms with Crippen molar-refractivity contribution in [1.82, 2.24) is 15.6 Å². The predicted octanol–water partition coefficient (Wildman–Crippen LogP) is 4.23. The number of alkyl halides is 3. The minimum absolute atomic E-state index is 0.0618. The number of halogens is 5. The number of aromatic nitrogens is 1. The number of nitrogens with one attached hydrogen (secondary N) is 2. The molecule has 9 heteroatoms. The molecule has 0 bridgehead atoms. The first-order valence-corrected chi connectivity index (χ1v) is 9.07. The molecule has 0 amide bonds. The van der Waals surface area contributed by atoms with Gasteiger partial charge in [0.2, 0.25) is 5.88 Å². The first kappa shape index (κ1) is 18.8. The molecule has 27 heavy (non-hydrogen) atoms. The lowest BCUT2D eigenvalue weighted by Crippen LogP contribution is -2.34. The number of pyridine rings is 1. The van der Waals surface area contributed by atoms with E-state index in [-0.39, 0.29) is 11.8 Å². The summed E-state index contributed by atoms with van der Waals surface area (Å²) in [6.45, 7) is 3.23. The first-order valence-electron chi connectivity index (χ1n) is 8.32. The maximum atomic E-state index is 12.7. The van der Waals surface area contributed by atoms with E-state index >= 15 is 0 Å². The zero-order valence-electron chi connectivity index (χ0n) is 14.2. The average molecular weight is 418 g/mol. The predicted molar refractivity (Wildman–Crippen MR) is 96.2 cm³/mol. The van der Waals surface area contributed by atoms with E-state index in [1.165, 1.54) is 6.07 Å². The molecule has 4 nitrogen and oxygen atoms in total. The average Bonchev–Trinajstić information content (AvgIpc) is 2.96. The van der Waals surface area contributed by atoms with E-state index in [9.17, 15) is 13.2 Å². The molecule has 144 valence electrons. The Hall–Kier alpha value is -1.54. The Bertz CT molecular complexity index is 877. The van der Waals surface area contributed by atoms with Crippen LogP contribution in [0.2, 0.25) is 10.0 Å². The van der Waals surface area contributed by atoms with E-state index in [1.54, 1.807) is 6.07 Å². The van der Waals surface area contributed by atoms with Crippen molar-refractivity contribution in [3.8, 4) is 5.88 Å². The second-order valence-corrected chi connectivity index (χ2v) is 7.79. The largest absolute Gasteiger partial charge is 0.454 e. The molecule has 2 fully saturated rings. The smallest absolute Gasteiger partial charge is 0.417 e. The van der Waals surface area contributed by atoms with Crippen LogP contribution in [0.3, 0.4) is 0 Å². The summed E-state index contributed by atoms with van der Waals surface area (Å²) in [6, 6.07) is 7.70. The van der Waals surface area contributed by atoms with Crippen LogP contribution in [0, 0.1) is 0 Å². The quantitative estimate of drug-likeness (QED) is 0.733. The third kappa shape index (κ3) is 3.16. The first-order chi connectivity index (χ1) is 12.6. The summed E-state index contributed by atoms with van der Waals surface area (Å²) >= 11 is 12.2. The van der Waals surface area contributed by atoms with Gasteiger partial charge in [0.15, 0.2) is 5.72 Å². The van der Waals surface area contributed by atoms with Gasteiger partial charge in [0.05, 0.1) is 21.1 Å². The normalized spacial score (nSPS) is 29.9. The molecule has 0 saturated carbocycles. The second kappa shape index (κ2) is 6.24. The summed E-state index contributed by atoms with van der Waals surface area (Å²) in [6.07, 6.45) is -3.65. The maximum absolute atomic E-state index is 12.7. The highest BCUT2D eigenvalue weighted by Crippen LogP contribution is 2.51. The van der Waals surface area contributed by atoms with Gasteiger partial charge in [-0.05, 0) is 30.7 Å². The fraction of sp³-hybridized carbons (Fsp3) is 0.389. The van der Waals surface area contributed by atoms with Crippen molar-refractivity contribution in [2.45, 2.75) is 30.3 Å². The van der Waals surface area contributed by atoms with E-state index in [0.29, 0.717) is 23.1 Å². The van der Waals surface area contributed by atoms with Crippen LogP contribution in [-0.4, -0.2) is 29.3 Å². The molecule has 0 unspecified atom stereocenters. The fourth-order valence-corrected chi connectivity index (χ4v) is 4.11. The van der Waals surface area contributed by atoms with Crippen molar-refractivity contribution in [3.05, 3.63) is 57.7 Å². The summed E-state index contributed by atoms with van der Waals surface area (Å²) in [4.78, 5) is 3.81. The molecule has 2 saturated heterocycles. The van der Waals surface area contributed by atoms with Gasteiger partial charge in [0.25, 0.3) is 0 Å². The molecule has 3 heterocycles. The number of hydrogen-bond acceptors (Lipinski definition) is 4. The van der Waals surface area contributed by atoms with Gasteiger partial charge >= 0.3 is 6.18 Å². The molecule has 2 N–H and O–H groups in total. The van der Waals surface area contributed by atoms with Crippen LogP contribution in [0.1, 0.15) is 24.0 Å². The summed E-state index contributed by atoms with van der Waals surface area (Å²) in [5.41, 5.74) is -0.974. The van der Waals surface area contributed by atoms with E-state index in [0.717, 1.165) is 17.8 Å². The standard InChI is InChI=1S/C18H16Cl2F3N3O/c1-16(27-15-5-3-11(7-25-15)18(21,22)23)17(26-16)9-24-8-12(17)10-2-4-13(19)14(20)6-10/h2-7,12,24,26H,8-9H2,1H3/t12-,16+,17-/m1/s1. The Labute approximate surface area is 164 Å². The topological polar surface area (TPSA) is 56.1 Å². The lowest BCUT2D eigenvalue weighted by atomic mass is 9.85. The van der Waals surface area contributed by atoms with E-state index in [1.807, 2.05) is 19.1 Å². The number of ether oxygens (including phenoxy) is 1. The van der Waals surface area contributed by atoms with Crippen molar-refractivity contribution < 1.29 is 17.9 Å². The molecule has 1 spiro atoms. The highest BCUT2D eigenvalue weighted by molar-refractivity contribution is 6.42. The monoisotopic (exact) mass is 417 g/mol. The highest BCUT2D eigenvalue weighted by Gasteiger charge is 2.72. The Morgan fingerprint density at radius 2 is 1.96 bits per heavy atom. The molecule has 2 aliphatic heterocycles.